The molecule has 0 fully saturated rings. The number of carbonyl (C=O) groups excluding carboxylic acids is 1. The molecule has 0 bridgehead atoms. The molecule has 7 nitrogen and oxygen atoms in total. The molecule has 0 saturated heterocycles. The van der Waals surface area contributed by atoms with E-state index in [1.165, 1.54) is 16.8 Å². The fourth-order valence-electron chi connectivity index (χ4n) is 1.80. The van der Waals surface area contributed by atoms with Crippen LogP contribution in [0.3, 0.4) is 0 Å². The highest BCUT2D eigenvalue weighted by molar-refractivity contribution is 5.92. The van der Waals surface area contributed by atoms with E-state index in [4.69, 9.17) is 0 Å². The molecule has 0 aliphatic carbocycles. The van der Waals surface area contributed by atoms with E-state index in [1.54, 1.807) is 12.4 Å². The predicted molar refractivity (Wildman–Crippen MR) is 73.3 cm³/mol. The van der Waals surface area contributed by atoms with E-state index >= 15 is 0 Å². The van der Waals surface area contributed by atoms with Crippen LogP contribution >= 0.6 is 0 Å². The summed E-state index contributed by atoms with van der Waals surface area (Å²) in [6.45, 7) is 4.26. The molecule has 0 aliphatic heterocycles. The van der Waals surface area contributed by atoms with Crippen molar-refractivity contribution in [2.24, 2.45) is 0 Å². The Hall–Kier alpha value is -2.44. The first kappa shape index (κ1) is 14.0. The minimum atomic E-state index is -0.334. The number of imidazole rings is 1. The summed E-state index contributed by atoms with van der Waals surface area (Å²) in [6, 6.07) is 2.53. The maximum Gasteiger partial charge on any atom is 0.272 e. The molecule has 2 rings (SSSR count). The Morgan fingerprint density at radius 1 is 1.50 bits per heavy atom. The highest BCUT2D eigenvalue weighted by Crippen LogP contribution is 2.06. The third kappa shape index (κ3) is 3.11. The van der Waals surface area contributed by atoms with Crippen LogP contribution in [0.1, 0.15) is 42.6 Å². The third-order valence-corrected chi connectivity index (χ3v) is 2.81. The quantitative estimate of drug-likeness (QED) is 0.846. The maximum absolute atomic E-state index is 12.1. The number of rotatable bonds is 5. The fraction of sp³-hybridized carbons (Fsp3) is 0.385. The number of aromatic amines is 1. The number of aryl methyl sites for hydroxylation is 1. The summed E-state index contributed by atoms with van der Waals surface area (Å²) in [5.41, 5.74) is 0.0129. The normalized spacial score (nSPS) is 12.1. The van der Waals surface area contributed by atoms with Crippen LogP contribution in [0.15, 0.2) is 29.3 Å². The van der Waals surface area contributed by atoms with Crippen molar-refractivity contribution in [2.75, 3.05) is 0 Å². The van der Waals surface area contributed by atoms with Crippen LogP contribution in [0, 0.1) is 0 Å². The van der Waals surface area contributed by atoms with E-state index in [9.17, 15) is 9.59 Å². The molecule has 2 N–H and O–H groups in total. The third-order valence-electron chi connectivity index (χ3n) is 2.81. The van der Waals surface area contributed by atoms with E-state index in [2.05, 4.69) is 20.4 Å². The molecule has 7 heteroatoms. The fourth-order valence-corrected chi connectivity index (χ4v) is 1.80. The number of H-pyrrole nitrogens is 1. The Labute approximate surface area is 116 Å². The van der Waals surface area contributed by atoms with Crippen LogP contribution in [-0.2, 0) is 6.54 Å². The Morgan fingerprint density at radius 2 is 2.30 bits per heavy atom. The van der Waals surface area contributed by atoms with Gasteiger partial charge in [0.05, 0.1) is 6.04 Å². The smallest absolute Gasteiger partial charge is 0.272 e. The number of hydrogen-bond donors (Lipinski definition) is 2. The average molecular weight is 275 g/mol. The van der Waals surface area contributed by atoms with Gasteiger partial charge in [-0.05, 0) is 19.4 Å². The van der Waals surface area contributed by atoms with Gasteiger partial charge in [-0.1, -0.05) is 6.92 Å². The summed E-state index contributed by atoms with van der Waals surface area (Å²) in [6.07, 6.45) is 4.09. The lowest BCUT2D eigenvalue weighted by molar-refractivity contribution is 0.0930. The molecule has 0 aliphatic rings. The summed E-state index contributed by atoms with van der Waals surface area (Å²) in [5.74, 6) is 0.332. The van der Waals surface area contributed by atoms with Crippen LogP contribution in [0.5, 0.6) is 0 Å². The van der Waals surface area contributed by atoms with E-state index < -0.39 is 0 Å². The first-order valence-corrected chi connectivity index (χ1v) is 6.50. The minimum Gasteiger partial charge on any atom is -0.347 e. The lowest BCUT2D eigenvalue weighted by atomic mass is 10.3. The molecule has 0 saturated carbocycles. The van der Waals surface area contributed by atoms with Crippen LogP contribution in [0.2, 0.25) is 0 Å². The number of carbonyl (C=O) groups is 1. The van der Waals surface area contributed by atoms with Crippen molar-refractivity contribution in [1.29, 1.82) is 0 Å². The summed E-state index contributed by atoms with van der Waals surface area (Å²) in [5, 5.41) is 6.83. The zero-order valence-corrected chi connectivity index (χ0v) is 11.5. The SMILES string of the molecule is CCCn1nc(C(=O)NC(C)c2ncc[nH]2)ccc1=O. The van der Waals surface area contributed by atoms with Crippen molar-refractivity contribution >= 4 is 5.91 Å². The molecule has 106 valence electrons. The van der Waals surface area contributed by atoms with Gasteiger partial charge < -0.3 is 10.3 Å². The van der Waals surface area contributed by atoms with Crippen LogP contribution in [0.25, 0.3) is 0 Å². The van der Waals surface area contributed by atoms with Gasteiger partial charge in [0, 0.05) is 25.0 Å². The molecule has 2 heterocycles. The molecular formula is C13H17N5O2. The second-order valence-electron chi connectivity index (χ2n) is 4.45. The maximum atomic E-state index is 12.1. The van der Waals surface area contributed by atoms with Crippen LogP contribution < -0.4 is 10.9 Å². The Kier molecular flexibility index (Phi) is 4.29. The molecule has 20 heavy (non-hydrogen) atoms. The number of nitrogens with one attached hydrogen (secondary N) is 2. The average Bonchev–Trinajstić information content (AvgIpc) is 2.95. The summed E-state index contributed by atoms with van der Waals surface area (Å²) in [7, 11) is 0. The predicted octanol–water partition coefficient (Wildman–Crippen LogP) is 0.867. The van der Waals surface area contributed by atoms with Gasteiger partial charge in [-0.2, -0.15) is 5.10 Å². The van der Waals surface area contributed by atoms with Gasteiger partial charge in [-0.15, -0.1) is 0 Å². The molecule has 2 aromatic heterocycles. The molecule has 2 aromatic rings. The van der Waals surface area contributed by atoms with Crippen LogP contribution in [0.4, 0.5) is 0 Å². The van der Waals surface area contributed by atoms with Crippen molar-refractivity contribution in [3.63, 3.8) is 0 Å². The molecule has 1 unspecified atom stereocenters. The molecule has 0 radical (unpaired) electrons. The second kappa shape index (κ2) is 6.14. The first-order chi connectivity index (χ1) is 9.61. The zero-order chi connectivity index (χ0) is 14.5. The van der Waals surface area contributed by atoms with E-state index in [-0.39, 0.29) is 23.2 Å². The summed E-state index contributed by atoms with van der Waals surface area (Å²) >= 11 is 0. The summed E-state index contributed by atoms with van der Waals surface area (Å²) in [4.78, 5) is 30.6. The van der Waals surface area contributed by atoms with Gasteiger partial charge >= 0.3 is 0 Å². The number of hydrogen-bond acceptors (Lipinski definition) is 4. The van der Waals surface area contributed by atoms with Gasteiger partial charge in [0.1, 0.15) is 11.5 Å². The number of aromatic nitrogens is 4. The van der Waals surface area contributed by atoms with Crippen molar-refractivity contribution in [2.45, 2.75) is 32.9 Å². The van der Waals surface area contributed by atoms with Gasteiger partial charge in [0.25, 0.3) is 11.5 Å². The lowest BCUT2D eigenvalue weighted by Crippen LogP contribution is -2.31. The summed E-state index contributed by atoms with van der Waals surface area (Å²) < 4.78 is 1.30. The van der Waals surface area contributed by atoms with E-state index in [0.29, 0.717) is 12.4 Å². The van der Waals surface area contributed by atoms with Gasteiger partial charge in [-0.25, -0.2) is 9.67 Å². The van der Waals surface area contributed by atoms with Crippen LogP contribution in [-0.4, -0.2) is 25.7 Å². The highest BCUT2D eigenvalue weighted by Gasteiger charge is 2.15. The van der Waals surface area contributed by atoms with E-state index in [0.717, 1.165) is 6.42 Å². The lowest BCUT2D eigenvalue weighted by Gasteiger charge is -2.11. The number of nitrogens with zero attached hydrogens (tertiary/aromatic N) is 3. The van der Waals surface area contributed by atoms with E-state index in [1.807, 2.05) is 13.8 Å². The monoisotopic (exact) mass is 275 g/mol. The molecule has 1 amide bonds. The largest absolute Gasteiger partial charge is 0.347 e. The Bertz CT molecular complexity index is 632. The zero-order valence-electron chi connectivity index (χ0n) is 11.5. The molecule has 1 atom stereocenters. The van der Waals surface area contributed by atoms with Crippen molar-refractivity contribution < 1.29 is 4.79 Å². The van der Waals surface area contributed by atoms with Crippen molar-refractivity contribution in [1.82, 2.24) is 25.1 Å². The number of amides is 1. The first-order valence-electron chi connectivity index (χ1n) is 6.50. The van der Waals surface area contributed by atoms with Crippen molar-refractivity contribution in [3.05, 3.63) is 46.4 Å². The molecule has 0 spiro atoms. The van der Waals surface area contributed by atoms with Crippen molar-refractivity contribution in [3.8, 4) is 0 Å². The van der Waals surface area contributed by atoms with Gasteiger partial charge in [-0.3, -0.25) is 9.59 Å². The molecular weight excluding hydrogens is 258 g/mol. The Morgan fingerprint density at radius 3 is 2.95 bits per heavy atom. The molecule has 0 aromatic carbocycles. The standard InChI is InChI=1S/C13H17N5O2/c1-3-8-18-11(19)5-4-10(17-18)13(20)16-9(2)12-14-6-7-15-12/h4-7,9H,3,8H2,1-2H3,(H,14,15)(H,16,20). The topological polar surface area (TPSA) is 92.7 Å². The highest BCUT2D eigenvalue weighted by atomic mass is 16.2. The van der Waals surface area contributed by atoms with Gasteiger partial charge in [0.2, 0.25) is 0 Å². The minimum absolute atomic E-state index is 0.206. The second-order valence-corrected chi connectivity index (χ2v) is 4.45. The van der Waals surface area contributed by atoms with Gasteiger partial charge in [0.15, 0.2) is 0 Å². The Balaban J connectivity index is 2.13.